The number of esters is 1. The fraction of sp³-hybridized carbons (Fsp3) is 0.200. The number of aryl methyl sites for hydroxylation is 1. The lowest BCUT2D eigenvalue weighted by atomic mass is 10.2. The first kappa shape index (κ1) is 10.2. The maximum Gasteiger partial charge on any atom is 0.338 e. The molecule has 0 bridgehead atoms. The summed E-state index contributed by atoms with van der Waals surface area (Å²) < 4.78 is 5.76. The average Bonchev–Trinajstić information content (AvgIpc) is 2.18. The molecule has 4 heteroatoms. The zero-order valence-electron chi connectivity index (χ0n) is 7.93. The Morgan fingerprint density at radius 1 is 1.79 bits per heavy atom. The fourth-order valence-electron chi connectivity index (χ4n) is 0.953. The molecule has 0 saturated carbocycles. The Morgan fingerprint density at radius 3 is 3.07 bits per heavy atom. The topological polar surface area (TPSA) is 50.4 Å². The van der Waals surface area contributed by atoms with Crippen LogP contribution in [-0.2, 0) is 4.74 Å². The van der Waals surface area contributed by atoms with E-state index in [2.05, 4.69) is 6.58 Å². The van der Waals surface area contributed by atoms with Crippen LogP contribution in [0.4, 0.5) is 0 Å². The minimum atomic E-state index is -0.423. The van der Waals surface area contributed by atoms with E-state index in [4.69, 9.17) is 9.94 Å². The molecule has 0 atom stereocenters. The highest BCUT2D eigenvalue weighted by Gasteiger charge is 2.12. The van der Waals surface area contributed by atoms with E-state index >= 15 is 0 Å². The zero-order chi connectivity index (χ0) is 10.6. The summed E-state index contributed by atoms with van der Waals surface area (Å²) in [6.45, 7) is 5.31. The van der Waals surface area contributed by atoms with Crippen LogP contribution in [0.3, 0.4) is 0 Å². The van der Waals surface area contributed by atoms with Crippen molar-refractivity contribution in [2.24, 2.45) is 0 Å². The number of nitrogens with zero attached hydrogens (tertiary/aromatic N) is 1. The van der Waals surface area contributed by atoms with Crippen molar-refractivity contribution in [2.75, 3.05) is 6.61 Å². The number of ether oxygens (including phenoxy) is 1. The second kappa shape index (κ2) is 4.41. The lowest BCUT2D eigenvalue weighted by Gasteiger charge is -2.00. The number of carbonyl (C=O) groups is 1. The largest absolute Gasteiger partial charge is 0.458 e. The van der Waals surface area contributed by atoms with Crippen LogP contribution in [0.2, 0.25) is 0 Å². The highest BCUT2D eigenvalue weighted by molar-refractivity contribution is 5.89. The van der Waals surface area contributed by atoms with Gasteiger partial charge in [-0.3, -0.25) is 5.21 Å². The van der Waals surface area contributed by atoms with Crippen LogP contribution in [0.1, 0.15) is 16.1 Å². The Balaban J connectivity index is 2.80. The maximum absolute atomic E-state index is 11.3. The fourth-order valence-corrected chi connectivity index (χ4v) is 0.953. The molecule has 0 amide bonds. The van der Waals surface area contributed by atoms with E-state index in [0.29, 0.717) is 11.3 Å². The van der Waals surface area contributed by atoms with Gasteiger partial charge in [0.1, 0.15) is 6.61 Å². The molecule has 1 heterocycles. The van der Waals surface area contributed by atoms with Crippen molar-refractivity contribution in [3.05, 3.63) is 42.2 Å². The highest BCUT2D eigenvalue weighted by Crippen LogP contribution is 2.01. The number of carbonyl (C=O) groups excluding carboxylic acids is 1. The van der Waals surface area contributed by atoms with Gasteiger partial charge < -0.3 is 4.74 Å². The van der Waals surface area contributed by atoms with Crippen molar-refractivity contribution >= 4 is 5.97 Å². The SMILES string of the molecule is C=CCOC(=O)c1cc[n+](O)c(C)c1. The van der Waals surface area contributed by atoms with Gasteiger partial charge in [-0.1, -0.05) is 12.7 Å². The third kappa shape index (κ3) is 2.32. The molecular formula is C10H12NO3+. The third-order valence-electron chi connectivity index (χ3n) is 1.69. The van der Waals surface area contributed by atoms with Crippen molar-refractivity contribution in [1.29, 1.82) is 0 Å². The zero-order valence-corrected chi connectivity index (χ0v) is 7.93. The van der Waals surface area contributed by atoms with Crippen molar-refractivity contribution in [2.45, 2.75) is 6.92 Å². The monoisotopic (exact) mass is 194 g/mol. The predicted octanol–water partition coefficient (Wildman–Crippen LogP) is 0.863. The number of aromatic nitrogens is 1. The van der Waals surface area contributed by atoms with Crippen molar-refractivity contribution in [3.8, 4) is 0 Å². The molecule has 14 heavy (non-hydrogen) atoms. The van der Waals surface area contributed by atoms with E-state index in [1.807, 2.05) is 0 Å². The Morgan fingerprint density at radius 2 is 2.50 bits per heavy atom. The van der Waals surface area contributed by atoms with E-state index in [-0.39, 0.29) is 6.61 Å². The Kier molecular flexibility index (Phi) is 3.23. The van der Waals surface area contributed by atoms with Gasteiger partial charge in [-0.2, -0.15) is 0 Å². The minimum Gasteiger partial charge on any atom is -0.458 e. The van der Waals surface area contributed by atoms with Gasteiger partial charge in [0.25, 0.3) is 0 Å². The van der Waals surface area contributed by atoms with Crippen LogP contribution in [-0.4, -0.2) is 17.8 Å². The van der Waals surface area contributed by atoms with Gasteiger partial charge >= 0.3 is 5.97 Å². The van der Waals surface area contributed by atoms with Crippen molar-refractivity contribution < 1.29 is 19.5 Å². The highest BCUT2D eigenvalue weighted by atomic mass is 16.5. The first-order valence-corrected chi connectivity index (χ1v) is 4.14. The van der Waals surface area contributed by atoms with Gasteiger partial charge in [0.15, 0.2) is 0 Å². The second-order valence-electron chi connectivity index (χ2n) is 2.79. The predicted molar refractivity (Wildman–Crippen MR) is 49.0 cm³/mol. The molecule has 0 aromatic carbocycles. The Hall–Kier alpha value is -1.84. The average molecular weight is 194 g/mol. The van der Waals surface area contributed by atoms with Crippen molar-refractivity contribution in [1.82, 2.24) is 0 Å². The molecule has 1 rings (SSSR count). The van der Waals surface area contributed by atoms with Gasteiger partial charge in [-0.05, 0) is 0 Å². The molecule has 0 spiro atoms. The number of pyridine rings is 1. The molecule has 4 nitrogen and oxygen atoms in total. The quantitative estimate of drug-likeness (QED) is 0.336. The Bertz CT molecular complexity index is 360. The van der Waals surface area contributed by atoms with Crippen molar-refractivity contribution in [3.63, 3.8) is 0 Å². The summed E-state index contributed by atoms with van der Waals surface area (Å²) in [6, 6.07) is 3.03. The lowest BCUT2D eigenvalue weighted by Crippen LogP contribution is -2.33. The van der Waals surface area contributed by atoms with Gasteiger partial charge in [0.05, 0.1) is 5.56 Å². The molecule has 1 N–H and O–H groups in total. The van der Waals surface area contributed by atoms with Gasteiger partial charge in [0.2, 0.25) is 11.9 Å². The summed E-state index contributed by atoms with van der Waals surface area (Å²) in [5.41, 5.74) is 0.979. The van der Waals surface area contributed by atoms with Crippen LogP contribution in [0.15, 0.2) is 31.0 Å². The standard InChI is InChI=1S/C10H12NO3/c1-3-6-14-10(12)9-4-5-11(13)8(2)7-9/h3-5,7,13H,1,6H2,2H3/q+1. The molecular weight excluding hydrogens is 182 g/mol. The van der Waals surface area contributed by atoms with Crippen LogP contribution in [0, 0.1) is 6.92 Å². The molecule has 1 aromatic rings. The molecule has 1 aromatic heterocycles. The van der Waals surface area contributed by atoms with Crippen LogP contribution >= 0.6 is 0 Å². The first-order valence-electron chi connectivity index (χ1n) is 4.14. The van der Waals surface area contributed by atoms with E-state index < -0.39 is 5.97 Å². The minimum absolute atomic E-state index is 0.186. The molecule has 0 aliphatic heterocycles. The molecule has 0 saturated heterocycles. The number of hydrogen-bond donors (Lipinski definition) is 1. The van der Waals surface area contributed by atoms with E-state index in [1.54, 1.807) is 13.0 Å². The van der Waals surface area contributed by atoms with Gasteiger partial charge in [-0.15, -0.1) is 0 Å². The summed E-state index contributed by atoms with van der Waals surface area (Å²) in [5.74, 6) is -0.423. The summed E-state index contributed by atoms with van der Waals surface area (Å²) in [6.07, 6.45) is 2.89. The number of rotatable bonds is 3. The van der Waals surface area contributed by atoms with Gasteiger partial charge in [-0.25, -0.2) is 4.79 Å². The van der Waals surface area contributed by atoms with Crippen LogP contribution in [0.25, 0.3) is 0 Å². The third-order valence-corrected chi connectivity index (χ3v) is 1.69. The smallest absolute Gasteiger partial charge is 0.338 e. The molecule has 0 aliphatic rings. The van der Waals surface area contributed by atoms with E-state index in [9.17, 15) is 4.79 Å². The lowest BCUT2D eigenvalue weighted by molar-refractivity contribution is -0.908. The maximum atomic E-state index is 11.3. The molecule has 0 fully saturated rings. The summed E-state index contributed by atoms with van der Waals surface area (Å²) in [7, 11) is 0. The van der Waals surface area contributed by atoms with E-state index in [0.717, 1.165) is 4.73 Å². The summed E-state index contributed by atoms with van der Waals surface area (Å²) in [5, 5.41) is 9.15. The summed E-state index contributed by atoms with van der Waals surface area (Å²) >= 11 is 0. The molecule has 0 radical (unpaired) electrons. The van der Waals surface area contributed by atoms with Crippen LogP contribution in [0.5, 0.6) is 0 Å². The molecule has 0 unspecified atom stereocenters. The second-order valence-corrected chi connectivity index (χ2v) is 2.79. The summed E-state index contributed by atoms with van der Waals surface area (Å²) in [4.78, 5) is 11.3. The Labute approximate surface area is 82.0 Å². The van der Waals surface area contributed by atoms with Crippen LogP contribution < -0.4 is 4.73 Å². The molecule has 74 valence electrons. The first-order chi connectivity index (χ1) is 6.65. The molecule has 0 aliphatic carbocycles. The normalized spacial score (nSPS) is 9.50. The number of hydrogen-bond acceptors (Lipinski definition) is 3. The van der Waals surface area contributed by atoms with E-state index in [1.165, 1.54) is 18.3 Å². The van der Waals surface area contributed by atoms with Gasteiger partial charge in [0, 0.05) is 23.8 Å².